The maximum Gasteiger partial charge on any atom is 0.256 e. The molecule has 0 heterocycles. The van der Waals surface area contributed by atoms with Gasteiger partial charge >= 0.3 is 0 Å². The standard InChI is InChI=1S/C10H24O6S3Si/c1-7-8-9-20(5,6)10(17(2,11)12,18(3,13)14)19(4,15)16/h7-9H2,1-6H3. The van der Waals surface area contributed by atoms with Gasteiger partial charge in [-0.3, -0.25) is 0 Å². The highest BCUT2D eigenvalue weighted by Gasteiger charge is 2.68. The molecular formula is C10H24O6S3Si. The summed E-state index contributed by atoms with van der Waals surface area (Å²) >= 11 is 0. The molecule has 0 rings (SSSR count). The summed E-state index contributed by atoms with van der Waals surface area (Å²) in [5.41, 5.74) is 0. The Labute approximate surface area is 123 Å². The van der Waals surface area contributed by atoms with Gasteiger partial charge in [-0.1, -0.05) is 38.9 Å². The molecule has 0 amide bonds. The molecule has 0 aliphatic carbocycles. The van der Waals surface area contributed by atoms with Crippen LogP contribution in [0.25, 0.3) is 0 Å². The zero-order chi connectivity index (χ0) is 16.6. The number of rotatable bonds is 7. The minimum absolute atomic E-state index is 0.316. The molecule has 0 aromatic carbocycles. The minimum atomic E-state index is -4.34. The van der Waals surface area contributed by atoms with Crippen molar-refractivity contribution in [3.63, 3.8) is 0 Å². The Balaban J connectivity index is 6.84. The van der Waals surface area contributed by atoms with E-state index in [1.165, 1.54) is 13.1 Å². The quantitative estimate of drug-likeness (QED) is 0.620. The first kappa shape index (κ1) is 20.1. The van der Waals surface area contributed by atoms with Crippen LogP contribution >= 0.6 is 0 Å². The van der Waals surface area contributed by atoms with E-state index >= 15 is 0 Å². The second-order valence-corrected chi connectivity index (χ2v) is 19.2. The fraction of sp³-hybridized carbons (Fsp3) is 1.00. The first-order chi connectivity index (χ1) is 8.56. The lowest BCUT2D eigenvalue weighted by atomic mass is 10.4. The van der Waals surface area contributed by atoms with Crippen molar-refractivity contribution in [1.29, 1.82) is 0 Å². The molecule has 0 saturated heterocycles. The normalized spacial score (nSPS) is 15.3. The first-order valence-electron chi connectivity index (χ1n) is 6.15. The smallest absolute Gasteiger partial charge is 0.227 e. The molecule has 0 radical (unpaired) electrons. The Kier molecular flexibility index (Phi) is 5.71. The van der Waals surface area contributed by atoms with Crippen LogP contribution in [0.3, 0.4) is 0 Å². The molecule has 0 aromatic rings. The molecule has 0 N–H and O–H groups in total. The van der Waals surface area contributed by atoms with Crippen LogP contribution in [-0.4, -0.2) is 55.1 Å². The lowest BCUT2D eigenvalue weighted by Gasteiger charge is -2.40. The third kappa shape index (κ3) is 3.12. The number of hydrogen-bond acceptors (Lipinski definition) is 6. The lowest BCUT2D eigenvalue weighted by Crippen LogP contribution is -2.67. The van der Waals surface area contributed by atoms with Gasteiger partial charge in [0.15, 0.2) is 29.5 Å². The van der Waals surface area contributed by atoms with Gasteiger partial charge in [0.25, 0.3) is 3.03 Å². The van der Waals surface area contributed by atoms with Crippen LogP contribution in [0.4, 0.5) is 0 Å². The van der Waals surface area contributed by atoms with Crippen LogP contribution in [-0.2, 0) is 29.5 Å². The van der Waals surface area contributed by atoms with E-state index in [4.69, 9.17) is 0 Å². The average Bonchev–Trinajstić information content (AvgIpc) is 2.06. The third-order valence-electron chi connectivity index (χ3n) is 3.45. The second-order valence-electron chi connectivity index (χ2n) is 5.86. The molecule has 6 nitrogen and oxygen atoms in total. The van der Waals surface area contributed by atoms with E-state index in [2.05, 4.69) is 0 Å². The predicted octanol–water partition coefficient (Wildman–Crippen LogP) is 0.822. The molecule has 0 unspecified atom stereocenters. The molecule has 0 aliphatic rings. The van der Waals surface area contributed by atoms with E-state index in [-0.39, 0.29) is 0 Å². The minimum Gasteiger partial charge on any atom is -0.227 e. The summed E-state index contributed by atoms with van der Waals surface area (Å²) in [6.45, 7) is 4.92. The van der Waals surface area contributed by atoms with Crippen LogP contribution < -0.4 is 0 Å². The summed E-state index contributed by atoms with van der Waals surface area (Å²) in [5.74, 6) is 0. The molecule has 0 fully saturated rings. The Hall–Kier alpha value is 0.0669. The molecule has 122 valence electrons. The van der Waals surface area contributed by atoms with Crippen molar-refractivity contribution in [2.75, 3.05) is 18.8 Å². The van der Waals surface area contributed by atoms with Crippen LogP contribution in [0, 0.1) is 0 Å². The van der Waals surface area contributed by atoms with Crippen LogP contribution in [0.2, 0.25) is 19.1 Å². The van der Waals surface area contributed by atoms with Gasteiger partial charge in [-0.15, -0.1) is 0 Å². The Morgan fingerprint density at radius 2 is 1.10 bits per heavy atom. The molecule has 0 atom stereocenters. The molecule has 0 aliphatic heterocycles. The summed E-state index contributed by atoms with van der Waals surface area (Å²) in [6, 6.07) is 0.316. The monoisotopic (exact) mass is 364 g/mol. The van der Waals surface area contributed by atoms with Gasteiger partial charge in [-0.2, -0.15) is 0 Å². The van der Waals surface area contributed by atoms with Crippen molar-refractivity contribution in [2.45, 2.75) is 41.9 Å². The summed E-state index contributed by atoms with van der Waals surface area (Å²) in [6.07, 6.45) is 3.45. The zero-order valence-electron chi connectivity index (χ0n) is 12.8. The Morgan fingerprint density at radius 1 is 0.800 bits per heavy atom. The van der Waals surface area contributed by atoms with Gasteiger partial charge in [0.2, 0.25) is 0 Å². The van der Waals surface area contributed by atoms with Gasteiger partial charge in [-0.25, -0.2) is 25.3 Å². The van der Waals surface area contributed by atoms with E-state index in [1.54, 1.807) is 0 Å². The largest absolute Gasteiger partial charge is 0.256 e. The maximum atomic E-state index is 12.2. The number of unbranched alkanes of at least 4 members (excludes halogenated alkanes) is 1. The highest BCUT2D eigenvalue weighted by molar-refractivity contribution is 8.28. The van der Waals surface area contributed by atoms with Gasteiger partial charge in [0, 0.05) is 18.8 Å². The SMILES string of the molecule is CCCC[Si](C)(C)C(S(C)(=O)=O)(S(C)(=O)=O)S(C)(=O)=O. The molecule has 0 aromatic heterocycles. The third-order valence-corrected chi connectivity index (χ3v) is 23.4. The highest BCUT2D eigenvalue weighted by Crippen LogP contribution is 2.41. The van der Waals surface area contributed by atoms with E-state index in [0.29, 0.717) is 31.2 Å². The Bertz CT molecular complexity index is 579. The van der Waals surface area contributed by atoms with Gasteiger partial charge < -0.3 is 0 Å². The topological polar surface area (TPSA) is 102 Å². The van der Waals surface area contributed by atoms with Gasteiger partial charge in [0.1, 0.15) is 8.07 Å². The van der Waals surface area contributed by atoms with E-state index < -0.39 is 40.6 Å². The van der Waals surface area contributed by atoms with Gasteiger partial charge in [0.05, 0.1) is 0 Å². The van der Waals surface area contributed by atoms with Crippen molar-refractivity contribution < 1.29 is 25.3 Å². The first-order valence-corrected chi connectivity index (χ1v) is 15.0. The second kappa shape index (κ2) is 5.69. The predicted molar refractivity (Wildman–Crippen MR) is 84.5 cm³/mol. The molecule has 0 bridgehead atoms. The van der Waals surface area contributed by atoms with E-state index in [9.17, 15) is 25.3 Å². The van der Waals surface area contributed by atoms with Crippen molar-refractivity contribution >= 4 is 37.6 Å². The molecule has 0 saturated carbocycles. The zero-order valence-corrected chi connectivity index (χ0v) is 16.2. The molecule has 20 heavy (non-hydrogen) atoms. The van der Waals surface area contributed by atoms with Crippen LogP contribution in [0.15, 0.2) is 0 Å². The van der Waals surface area contributed by atoms with E-state index in [0.717, 1.165) is 6.42 Å². The number of hydrogen-bond donors (Lipinski definition) is 0. The van der Waals surface area contributed by atoms with Crippen molar-refractivity contribution in [3.8, 4) is 0 Å². The Morgan fingerprint density at radius 3 is 1.30 bits per heavy atom. The molecular weight excluding hydrogens is 340 g/mol. The van der Waals surface area contributed by atoms with Crippen LogP contribution in [0.1, 0.15) is 19.8 Å². The fourth-order valence-corrected chi connectivity index (χ4v) is 24.2. The summed E-state index contributed by atoms with van der Waals surface area (Å²) in [4.78, 5) is 0. The highest BCUT2D eigenvalue weighted by atomic mass is 32.3. The molecule has 10 heteroatoms. The molecule has 0 spiro atoms. The van der Waals surface area contributed by atoms with Crippen molar-refractivity contribution in [3.05, 3.63) is 0 Å². The van der Waals surface area contributed by atoms with Crippen molar-refractivity contribution in [1.82, 2.24) is 0 Å². The van der Waals surface area contributed by atoms with Crippen LogP contribution in [0.5, 0.6) is 0 Å². The van der Waals surface area contributed by atoms with E-state index in [1.807, 2.05) is 6.92 Å². The lowest BCUT2D eigenvalue weighted by molar-refractivity contribution is 0.572. The maximum absolute atomic E-state index is 12.2. The summed E-state index contributed by atoms with van der Waals surface area (Å²) < 4.78 is 70.7. The fourth-order valence-electron chi connectivity index (χ4n) is 3.10. The number of sulfone groups is 3. The van der Waals surface area contributed by atoms with Gasteiger partial charge in [-0.05, 0) is 0 Å². The average molecular weight is 365 g/mol. The summed E-state index contributed by atoms with van der Waals surface area (Å²) in [5, 5.41) is 0. The van der Waals surface area contributed by atoms with Crippen molar-refractivity contribution in [2.24, 2.45) is 0 Å². The summed E-state index contributed by atoms with van der Waals surface area (Å²) in [7, 11) is -16.2.